The average molecular weight is 503 g/mol. The number of nitrogens with zero attached hydrogens (tertiary/aromatic N) is 1. The fourth-order valence-electron chi connectivity index (χ4n) is 3.39. The molecule has 1 aliphatic rings. The van der Waals surface area contributed by atoms with Gasteiger partial charge in [0.2, 0.25) is 0 Å². The van der Waals surface area contributed by atoms with E-state index in [1.807, 2.05) is 6.92 Å². The molecular formula is C22H38IN3O2. The second-order valence-electron chi connectivity index (χ2n) is 7.15. The quantitative estimate of drug-likeness (QED) is 0.214. The van der Waals surface area contributed by atoms with Crippen molar-refractivity contribution in [3.8, 4) is 0 Å². The van der Waals surface area contributed by atoms with E-state index in [2.05, 4.69) is 48.7 Å². The van der Waals surface area contributed by atoms with Gasteiger partial charge < -0.3 is 20.1 Å². The van der Waals surface area contributed by atoms with E-state index in [1.165, 1.54) is 11.1 Å². The minimum absolute atomic E-state index is 0. The van der Waals surface area contributed by atoms with Crippen molar-refractivity contribution in [1.82, 2.24) is 10.6 Å². The lowest BCUT2D eigenvalue weighted by atomic mass is 9.89. The third kappa shape index (κ3) is 9.09. The summed E-state index contributed by atoms with van der Waals surface area (Å²) in [5.74, 6) is 1.33. The van der Waals surface area contributed by atoms with E-state index in [0.717, 1.165) is 71.1 Å². The Labute approximate surface area is 188 Å². The number of aliphatic imine (C=N–C) groups is 1. The molecule has 0 bridgehead atoms. The van der Waals surface area contributed by atoms with Gasteiger partial charge in [-0.2, -0.15) is 0 Å². The Morgan fingerprint density at radius 2 is 1.96 bits per heavy atom. The SMILES string of the molecule is CCNC(=NCC1CCCOC1c1ccc(C)cc1)NCCCCOCC.I. The van der Waals surface area contributed by atoms with E-state index < -0.39 is 0 Å². The van der Waals surface area contributed by atoms with Gasteiger partial charge in [-0.3, -0.25) is 4.99 Å². The maximum absolute atomic E-state index is 6.12. The van der Waals surface area contributed by atoms with Crippen LogP contribution < -0.4 is 10.6 Å². The predicted molar refractivity (Wildman–Crippen MR) is 128 cm³/mol. The first kappa shape index (κ1) is 25.2. The zero-order chi connectivity index (χ0) is 19.3. The molecule has 1 fully saturated rings. The molecule has 0 aromatic heterocycles. The smallest absolute Gasteiger partial charge is 0.191 e. The van der Waals surface area contributed by atoms with Crippen molar-refractivity contribution in [3.05, 3.63) is 35.4 Å². The minimum Gasteiger partial charge on any atom is -0.382 e. The molecule has 1 aromatic rings. The highest BCUT2D eigenvalue weighted by Gasteiger charge is 2.27. The molecule has 1 aliphatic heterocycles. The van der Waals surface area contributed by atoms with E-state index in [4.69, 9.17) is 14.5 Å². The van der Waals surface area contributed by atoms with Crippen LogP contribution in [0.25, 0.3) is 0 Å². The van der Waals surface area contributed by atoms with Gasteiger partial charge in [0.15, 0.2) is 5.96 Å². The summed E-state index contributed by atoms with van der Waals surface area (Å²) in [7, 11) is 0. The number of halogens is 1. The lowest BCUT2D eigenvalue weighted by Crippen LogP contribution is -2.38. The minimum atomic E-state index is 0. The van der Waals surface area contributed by atoms with Crippen molar-refractivity contribution in [2.24, 2.45) is 10.9 Å². The van der Waals surface area contributed by atoms with Crippen LogP contribution in [0.5, 0.6) is 0 Å². The van der Waals surface area contributed by atoms with E-state index in [1.54, 1.807) is 0 Å². The highest BCUT2D eigenvalue weighted by atomic mass is 127. The van der Waals surface area contributed by atoms with Crippen molar-refractivity contribution >= 4 is 29.9 Å². The van der Waals surface area contributed by atoms with Gasteiger partial charge in [0.25, 0.3) is 0 Å². The van der Waals surface area contributed by atoms with Crippen LogP contribution in [0.15, 0.2) is 29.3 Å². The first-order valence-corrected chi connectivity index (χ1v) is 10.5. The Bertz CT molecular complexity index is 551. The van der Waals surface area contributed by atoms with Crippen LogP contribution in [-0.2, 0) is 9.47 Å². The fraction of sp³-hybridized carbons (Fsp3) is 0.682. The second-order valence-corrected chi connectivity index (χ2v) is 7.15. The van der Waals surface area contributed by atoms with Gasteiger partial charge in [0.05, 0.1) is 6.10 Å². The van der Waals surface area contributed by atoms with E-state index in [-0.39, 0.29) is 30.1 Å². The van der Waals surface area contributed by atoms with Gasteiger partial charge in [-0.15, -0.1) is 24.0 Å². The molecule has 2 N–H and O–H groups in total. The standard InChI is InChI=1S/C22H37N3O2.HI/c1-4-23-22(24-14-6-7-15-26-5-2)25-17-20-9-8-16-27-21(20)19-12-10-18(3)11-13-19;/h10-13,20-21H,4-9,14-17H2,1-3H3,(H2,23,24,25);1H. The van der Waals surface area contributed by atoms with Crippen LogP contribution in [0, 0.1) is 12.8 Å². The van der Waals surface area contributed by atoms with Crippen LogP contribution in [0.2, 0.25) is 0 Å². The number of nitrogens with one attached hydrogen (secondary N) is 2. The van der Waals surface area contributed by atoms with E-state index in [9.17, 15) is 0 Å². The fourth-order valence-corrected chi connectivity index (χ4v) is 3.39. The highest BCUT2D eigenvalue weighted by molar-refractivity contribution is 14.0. The molecule has 0 radical (unpaired) electrons. The van der Waals surface area contributed by atoms with E-state index >= 15 is 0 Å². The molecule has 28 heavy (non-hydrogen) atoms. The normalized spacial score (nSPS) is 19.8. The molecular weight excluding hydrogens is 465 g/mol. The molecule has 160 valence electrons. The Balaban J connectivity index is 0.00000392. The third-order valence-electron chi connectivity index (χ3n) is 4.89. The van der Waals surface area contributed by atoms with Crippen LogP contribution in [-0.4, -0.2) is 45.4 Å². The number of unbranched alkanes of at least 4 members (excludes halogenated alkanes) is 1. The van der Waals surface area contributed by atoms with Crippen LogP contribution in [0.1, 0.15) is 56.8 Å². The molecule has 0 amide bonds. The topological polar surface area (TPSA) is 54.9 Å². The molecule has 0 saturated carbocycles. The third-order valence-corrected chi connectivity index (χ3v) is 4.89. The monoisotopic (exact) mass is 503 g/mol. The Kier molecular flexibility index (Phi) is 13.5. The molecule has 2 rings (SSSR count). The largest absolute Gasteiger partial charge is 0.382 e. The maximum atomic E-state index is 6.12. The number of rotatable bonds is 10. The average Bonchev–Trinajstić information content (AvgIpc) is 2.69. The maximum Gasteiger partial charge on any atom is 0.191 e. The Morgan fingerprint density at radius 3 is 2.68 bits per heavy atom. The van der Waals surface area contributed by atoms with Crippen molar-refractivity contribution in [2.75, 3.05) is 39.5 Å². The summed E-state index contributed by atoms with van der Waals surface area (Å²) in [6.45, 7) is 11.3. The molecule has 1 heterocycles. The van der Waals surface area contributed by atoms with Crippen LogP contribution in [0.4, 0.5) is 0 Å². The zero-order valence-electron chi connectivity index (χ0n) is 17.7. The summed E-state index contributed by atoms with van der Waals surface area (Å²) in [6, 6.07) is 8.73. The predicted octanol–water partition coefficient (Wildman–Crippen LogP) is 4.45. The van der Waals surface area contributed by atoms with Crippen molar-refractivity contribution in [1.29, 1.82) is 0 Å². The van der Waals surface area contributed by atoms with Crippen molar-refractivity contribution in [3.63, 3.8) is 0 Å². The van der Waals surface area contributed by atoms with Crippen molar-refractivity contribution in [2.45, 2.75) is 52.6 Å². The number of hydrogen-bond donors (Lipinski definition) is 2. The van der Waals surface area contributed by atoms with E-state index in [0.29, 0.717) is 5.92 Å². The van der Waals surface area contributed by atoms with Crippen LogP contribution >= 0.6 is 24.0 Å². The van der Waals surface area contributed by atoms with Gasteiger partial charge in [-0.05, 0) is 52.0 Å². The summed E-state index contributed by atoms with van der Waals surface area (Å²) in [6.07, 6.45) is 4.59. The molecule has 1 saturated heterocycles. The highest BCUT2D eigenvalue weighted by Crippen LogP contribution is 2.33. The molecule has 1 aromatic carbocycles. The van der Waals surface area contributed by atoms with Gasteiger partial charge in [-0.25, -0.2) is 0 Å². The number of hydrogen-bond acceptors (Lipinski definition) is 3. The lowest BCUT2D eigenvalue weighted by Gasteiger charge is -2.31. The van der Waals surface area contributed by atoms with Gasteiger partial charge in [0, 0.05) is 45.4 Å². The Morgan fingerprint density at radius 1 is 1.18 bits per heavy atom. The first-order valence-electron chi connectivity index (χ1n) is 10.5. The molecule has 6 heteroatoms. The second kappa shape index (κ2) is 15.0. The zero-order valence-corrected chi connectivity index (χ0v) is 20.0. The molecule has 0 aliphatic carbocycles. The summed E-state index contributed by atoms with van der Waals surface area (Å²) in [5, 5.41) is 6.79. The van der Waals surface area contributed by atoms with Crippen molar-refractivity contribution < 1.29 is 9.47 Å². The number of ether oxygens (including phenoxy) is 2. The van der Waals surface area contributed by atoms with Gasteiger partial charge in [-0.1, -0.05) is 29.8 Å². The summed E-state index contributed by atoms with van der Waals surface area (Å²) < 4.78 is 11.5. The lowest BCUT2D eigenvalue weighted by molar-refractivity contribution is -0.0250. The molecule has 0 spiro atoms. The van der Waals surface area contributed by atoms with Gasteiger partial charge in [0.1, 0.15) is 0 Å². The molecule has 5 nitrogen and oxygen atoms in total. The number of aryl methyl sites for hydroxylation is 1. The molecule has 2 atom stereocenters. The first-order chi connectivity index (χ1) is 13.2. The summed E-state index contributed by atoms with van der Waals surface area (Å²) >= 11 is 0. The molecule has 2 unspecified atom stereocenters. The van der Waals surface area contributed by atoms with Crippen LogP contribution in [0.3, 0.4) is 0 Å². The Hall–Kier alpha value is -0.860. The number of benzene rings is 1. The number of guanidine groups is 1. The summed E-state index contributed by atoms with van der Waals surface area (Å²) in [5.41, 5.74) is 2.56. The van der Waals surface area contributed by atoms with Gasteiger partial charge >= 0.3 is 0 Å². The summed E-state index contributed by atoms with van der Waals surface area (Å²) in [4.78, 5) is 4.85.